The minimum atomic E-state index is -3.86. The van der Waals surface area contributed by atoms with Gasteiger partial charge in [0.25, 0.3) is 10.0 Å². The summed E-state index contributed by atoms with van der Waals surface area (Å²) in [7, 11) is -3.86. The average molecular weight is 355 g/mol. The maximum absolute atomic E-state index is 12.6. The molecule has 0 saturated carbocycles. The zero-order valence-corrected chi connectivity index (χ0v) is 14.3. The number of sulfonamides is 1. The van der Waals surface area contributed by atoms with E-state index in [0.29, 0.717) is 18.7 Å². The molecule has 3 rings (SSSR count). The Balaban J connectivity index is 1.82. The maximum Gasteiger partial charge on any atom is 0.263 e. The third-order valence-electron chi connectivity index (χ3n) is 4.02. The van der Waals surface area contributed by atoms with Gasteiger partial charge >= 0.3 is 0 Å². The third kappa shape index (κ3) is 3.80. The Morgan fingerprint density at radius 3 is 2.68 bits per heavy atom. The quantitative estimate of drug-likeness (QED) is 0.892. The van der Waals surface area contributed by atoms with Crippen LogP contribution in [0.25, 0.3) is 0 Å². The summed E-state index contributed by atoms with van der Waals surface area (Å²) in [5.74, 6) is 0.119. The number of anilines is 1. The molecule has 0 bridgehead atoms. The number of amides is 1. The molecule has 2 aromatic rings. The van der Waals surface area contributed by atoms with Crippen molar-refractivity contribution >= 4 is 21.6 Å². The van der Waals surface area contributed by atoms with Crippen LogP contribution in [0.1, 0.15) is 24.0 Å². The number of likely N-dealkylation sites (tertiary alicyclic amines) is 1. The molecule has 7 heteroatoms. The van der Waals surface area contributed by atoms with E-state index in [9.17, 15) is 13.2 Å². The summed E-state index contributed by atoms with van der Waals surface area (Å²) in [6, 6.07) is 14.9. The standard InChI is InChI=1S/C18H17N3O3S/c19-12-15-6-1-2-8-17(15)25(23,24)20-16-7-3-5-14(11-16)13-21-10-4-9-18(21)22/h1-3,5-8,11,20H,4,9-10,13H2. The van der Waals surface area contributed by atoms with E-state index in [2.05, 4.69) is 4.72 Å². The fraction of sp³-hybridized carbons (Fsp3) is 0.222. The molecule has 1 aliphatic rings. The molecule has 2 aromatic carbocycles. The van der Waals surface area contributed by atoms with Crippen LogP contribution in [0.3, 0.4) is 0 Å². The van der Waals surface area contributed by atoms with Crippen LogP contribution in [0.2, 0.25) is 0 Å². The third-order valence-corrected chi connectivity index (χ3v) is 5.46. The Bertz CT molecular complexity index is 948. The van der Waals surface area contributed by atoms with Gasteiger partial charge in [0, 0.05) is 25.2 Å². The second kappa shape index (κ2) is 6.95. The minimum Gasteiger partial charge on any atom is -0.338 e. The number of nitrogens with zero attached hydrogens (tertiary/aromatic N) is 2. The first-order valence-electron chi connectivity index (χ1n) is 7.88. The van der Waals surface area contributed by atoms with Crippen molar-refractivity contribution in [3.8, 4) is 6.07 Å². The lowest BCUT2D eigenvalue weighted by Crippen LogP contribution is -2.23. The summed E-state index contributed by atoms with van der Waals surface area (Å²) >= 11 is 0. The largest absolute Gasteiger partial charge is 0.338 e. The Hall–Kier alpha value is -2.85. The van der Waals surface area contributed by atoms with E-state index in [4.69, 9.17) is 5.26 Å². The van der Waals surface area contributed by atoms with Crippen LogP contribution in [0.15, 0.2) is 53.4 Å². The zero-order valence-electron chi connectivity index (χ0n) is 13.5. The molecule has 0 aromatic heterocycles. The van der Waals surface area contributed by atoms with Gasteiger partial charge in [0.15, 0.2) is 0 Å². The lowest BCUT2D eigenvalue weighted by Gasteiger charge is -2.16. The molecule has 0 atom stereocenters. The smallest absolute Gasteiger partial charge is 0.263 e. The SMILES string of the molecule is N#Cc1ccccc1S(=O)(=O)Nc1cccc(CN2CCCC2=O)c1. The van der Waals surface area contributed by atoms with Gasteiger partial charge in [0.05, 0.1) is 5.56 Å². The summed E-state index contributed by atoms with van der Waals surface area (Å²) in [6.45, 7) is 1.19. The normalized spacial score (nSPS) is 14.4. The Labute approximate surface area is 146 Å². The molecule has 25 heavy (non-hydrogen) atoms. The van der Waals surface area contributed by atoms with Crippen LogP contribution in [-0.2, 0) is 21.4 Å². The molecule has 1 fully saturated rings. The number of hydrogen-bond donors (Lipinski definition) is 1. The summed E-state index contributed by atoms with van der Waals surface area (Å²) in [4.78, 5) is 13.4. The van der Waals surface area contributed by atoms with E-state index in [-0.39, 0.29) is 16.4 Å². The van der Waals surface area contributed by atoms with Gasteiger partial charge in [-0.2, -0.15) is 5.26 Å². The molecule has 6 nitrogen and oxygen atoms in total. The van der Waals surface area contributed by atoms with Crippen molar-refractivity contribution in [2.24, 2.45) is 0 Å². The van der Waals surface area contributed by atoms with Crippen LogP contribution in [0.4, 0.5) is 5.69 Å². The fourth-order valence-corrected chi connectivity index (χ4v) is 4.04. The van der Waals surface area contributed by atoms with E-state index in [1.807, 2.05) is 12.1 Å². The lowest BCUT2D eigenvalue weighted by molar-refractivity contribution is -0.128. The minimum absolute atomic E-state index is 0.0578. The summed E-state index contributed by atoms with van der Waals surface area (Å²) in [5.41, 5.74) is 1.34. The van der Waals surface area contributed by atoms with E-state index in [1.54, 1.807) is 35.2 Å². The number of benzene rings is 2. The van der Waals surface area contributed by atoms with Gasteiger partial charge in [0.2, 0.25) is 5.91 Å². The van der Waals surface area contributed by atoms with Crippen LogP contribution >= 0.6 is 0 Å². The topological polar surface area (TPSA) is 90.3 Å². The van der Waals surface area contributed by atoms with Crippen molar-refractivity contribution in [2.75, 3.05) is 11.3 Å². The molecule has 128 valence electrons. The highest BCUT2D eigenvalue weighted by Crippen LogP contribution is 2.21. The van der Waals surface area contributed by atoms with Crippen molar-refractivity contribution in [1.82, 2.24) is 4.90 Å². The van der Waals surface area contributed by atoms with Crippen LogP contribution < -0.4 is 4.72 Å². The molecule has 1 saturated heterocycles. The van der Waals surface area contributed by atoms with Gasteiger partial charge < -0.3 is 4.90 Å². The molecule has 1 heterocycles. The van der Waals surface area contributed by atoms with Crippen LogP contribution in [0, 0.1) is 11.3 Å². The molecular formula is C18H17N3O3S. The number of carbonyl (C=O) groups excluding carboxylic acids is 1. The fourth-order valence-electron chi connectivity index (χ4n) is 2.83. The van der Waals surface area contributed by atoms with Gasteiger partial charge in [-0.3, -0.25) is 9.52 Å². The monoisotopic (exact) mass is 355 g/mol. The number of carbonyl (C=O) groups is 1. The zero-order chi connectivity index (χ0) is 17.9. The van der Waals surface area contributed by atoms with E-state index >= 15 is 0 Å². The van der Waals surface area contributed by atoms with Crippen LogP contribution in [0.5, 0.6) is 0 Å². The maximum atomic E-state index is 12.6. The number of nitriles is 1. The van der Waals surface area contributed by atoms with Crippen molar-refractivity contribution in [3.05, 3.63) is 59.7 Å². The number of rotatable bonds is 5. The van der Waals surface area contributed by atoms with Gasteiger partial charge in [-0.25, -0.2) is 8.42 Å². The molecular weight excluding hydrogens is 338 g/mol. The van der Waals surface area contributed by atoms with Gasteiger partial charge in [-0.1, -0.05) is 24.3 Å². The molecule has 0 radical (unpaired) electrons. The first-order valence-corrected chi connectivity index (χ1v) is 9.36. The second-order valence-corrected chi connectivity index (χ2v) is 7.48. The van der Waals surface area contributed by atoms with Crippen molar-refractivity contribution < 1.29 is 13.2 Å². The first-order chi connectivity index (χ1) is 12.0. The van der Waals surface area contributed by atoms with Crippen molar-refractivity contribution in [1.29, 1.82) is 5.26 Å². The average Bonchev–Trinajstić information content (AvgIpc) is 2.99. The van der Waals surface area contributed by atoms with E-state index in [1.165, 1.54) is 12.1 Å². The van der Waals surface area contributed by atoms with Crippen molar-refractivity contribution in [3.63, 3.8) is 0 Å². The number of hydrogen-bond acceptors (Lipinski definition) is 4. The van der Waals surface area contributed by atoms with Gasteiger partial charge in [-0.15, -0.1) is 0 Å². The first kappa shape index (κ1) is 17.0. The molecule has 0 spiro atoms. The van der Waals surface area contributed by atoms with Gasteiger partial charge in [0.1, 0.15) is 11.0 Å². The predicted molar refractivity (Wildman–Crippen MR) is 93.1 cm³/mol. The van der Waals surface area contributed by atoms with Gasteiger partial charge in [-0.05, 0) is 36.2 Å². The summed E-state index contributed by atoms with van der Waals surface area (Å²) in [5, 5.41) is 9.10. The lowest BCUT2D eigenvalue weighted by atomic mass is 10.2. The van der Waals surface area contributed by atoms with E-state index < -0.39 is 10.0 Å². The molecule has 1 N–H and O–H groups in total. The Kier molecular flexibility index (Phi) is 4.72. The Morgan fingerprint density at radius 2 is 1.96 bits per heavy atom. The highest BCUT2D eigenvalue weighted by Gasteiger charge is 2.21. The van der Waals surface area contributed by atoms with Crippen molar-refractivity contribution in [2.45, 2.75) is 24.3 Å². The summed E-state index contributed by atoms with van der Waals surface area (Å²) in [6.07, 6.45) is 1.42. The highest BCUT2D eigenvalue weighted by atomic mass is 32.2. The molecule has 1 amide bonds. The van der Waals surface area contributed by atoms with E-state index in [0.717, 1.165) is 18.5 Å². The van der Waals surface area contributed by atoms with Crippen LogP contribution in [-0.4, -0.2) is 25.8 Å². The molecule has 0 aliphatic carbocycles. The highest BCUT2D eigenvalue weighted by molar-refractivity contribution is 7.92. The number of nitrogens with one attached hydrogen (secondary N) is 1. The second-order valence-electron chi connectivity index (χ2n) is 5.83. The predicted octanol–water partition coefficient (Wildman–Crippen LogP) is 2.48. The summed E-state index contributed by atoms with van der Waals surface area (Å²) < 4.78 is 27.6. The molecule has 1 aliphatic heterocycles. The Morgan fingerprint density at radius 1 is 1.16 bits per heavy atom. The molecule has 0 unspecified atom stereocenters.